The number of amidine groups is 1. The van der Waals surface area contributed by atoms with Gasteiger partial charge in [0.05, 0.1) is 11.4 Å². The Bertz CT molecular complexity index is 4200. The summed E-state index contributed by atoms with van der Waals surface area (Å²) in [6, 6.07) is 82.7. The fourth-order valence-electron chi connectivity index (χ4n) is 11.7. The number of hydrogen-bond donors (Lipinski definition) is 0. The van der Waals surface area contributed by atoms with E-state index in [1.165, 1.54) is 44.5 Å². The van der Waals surface area contributed by atoms with E-state index < -0.39 is 0 Å². The molecule has 0 fully saturated rings. The molecule has 0 bridgehead atoms. The lowest BCUT2D eigenvalue weighted by Gasteiger charge is -2.16. The van der Waals surface area contributed by atoms with Gasteiger partial charge in [-0.2, -0.15) is 0 Å². The number of para-hydroxylation sites is 2. The summed E-state index contributed by atoms with van der Waals surface area (Å²) < 4.78 is 13.8. The Labute approximate surface area is 430 Å². The third-order valence-electron chi connectivity index (χ3n) is 15.3. The van der Waals surface area contributed by atoms with E-state index in [4.69, 9.17) is 18.8 Å². The van der Waals surface area contributed by atoms with Crippen LogP contribution in [0.3, 0.4) is 0 Å². The van der Waals surface area contributed by atoms with Gasteiger partial charge < -0.3 is 8.83 Å². The molecule has 3 heterocycles. The molecule has 0 amide bonds. The zero-order valence-corrected chi connectivity index (χ0v) is 40.8. The number of allylic oxidation sites excluding steroid dienone is 1. The third kappa shape index (κ3) is 7.87. The first-order chi connectivity index (χ1) is 36.7. The van der Waals surface area contributed by atoms with E-state index >= 15 is 0 Å². The molecule has 0 saturated heterocycles. The molecule has 4 heteroatoms. The summed E-state index contributed by atoms with van der Waals surface area (Å²) >= 11 is 0. The Morgan fingerprint density at radius 3 is 1.80 bits per heavy atom. The fraction of sp³-hybridized carbons (Fsp3) is 0.0857. The number of aliphatic imine (C=N–C) groups is 2. The molecule has 352 valence electrons. The second kappa shape index (κ2) is 18.5. The predicted octanol–water partition coefficient (Wildman–Crippen LogP) is 18.7. The summed E-state index contributed by atoms with van der Waals surface area (Å²) in [5.41, 5.74) is 22.0. The summed E-state index contributed by atoms with van der Waals surface area (Å²) in [6.07, 6.45) is 6.72. The Balaban J connectivity index is 0.922. The minimum atomic E-state index is 0.265. The summed E-state index contributed by atoms with van der Waals surface area (Å²) in [4.78, 5) is 11.0. The first-order valence-electron chi connectivity index (χ1n) is 25.9. The number of hydrogen-bond acceptors (Lipinski definition) is 4. The smallest absolute Gasteiger partial charge is 0.160 e. The van der Waals surface area contributed by atoms with Gasteiger partial charge in [-0.15, -0.1) is 0 Å². The molecule has 2 aliphatic rings. The van der Waals surface area contributed by atoms with Crippen LogP contribution in [0.1, 0.15) is 65.0 Å². The number of furan rings is 2. The van der Waals surface area contributed by atoms with Gasteiger partial charge in [-0.3, -0.25) is 0 Å². The Hall–Kier alpha value is -9.12. The Morgan fingerprint density at radius 2 is 1.01 bits per heavy atom. The van der Waals surface area contributed by atoms with E-state index in [2.05, 4.69) is 231 Å². The largest absolute Gasteiger partial charge is 0.456 e. The molecule has 0 spiro atoms. The topological polar surface area (TPSA) is 51.0 Å². The predicted molar refractivity (Wildman–Crippen MR) is 307 cm³/mol. The van der Waals surface area contributed by atoms with Gasteiger partial charge in [0.1, 0.15) is 22.3 Å². The third-order valence-corrected chi connectivity index (χ3v) is 15.3. The average Bonchev–Trinajstić information content (AvgIpc) is 4.16. The maximum absolute atomic E-state index is 6.97. The SMILES string of the molecule is C1=C(c2cc(-c3cc(CCC4c5ccccc5-c5cc(-c6ccccc6)ccc54)cc4c3oc3ccccc34)c3c(c2)oc2ccccc23)/N=C(c2ccc(-c3ccccc3)cc2)\N=C(\c2ccccc2)CCC/1. The van der Waals surface area contributed by atoms with Crippen LogP contribution in [0.25, 0.3) is 94.1 Å². The quantitative estimate of drug-likeness (QED) is 0.145. The summed E-state index contributed by atoms with van der Waals surface area (Å²) in [5, 5.41) is 4.35. The molecular weight excluding hydrogens is 901 g/mol. The van der Waals surface area contributed by atoms with Crippen molar-refractivity contribution in [3.63, 3.8) is 0 Å². The summed E-state index contributed by atoms with van der Waals surface area (Å²) in [5.74, 6) is 0.942. The highest BCUT2D eigenvalue weighted by atomic mass is 16.3. The monoisotopic (exact) mass is 950 g/mol. The van der Waals surface area contributed by atoms with Gasteiger partial charge >= 0.3 is 0 Å². The molecule has 0 radical (unpaired) electrons. The number of aryl methyl sites for hydroxylation is 1. The van der Waals surface area contributed by atoms with Gasteiger partial charge in [-0.1, -0.05) is 194 Å². The number of nitrogens with zero attached hydrogens (tertiary/aromatic N) is 2. The van der Waals surface area contributed by atoms with Crippen LogP contribution < -0.4 is 0 Å². The molecular formula is C70H50N2O2. The highest BCUT2D eigenvalue weighted by Gasteiger charge is 2.29. The minimum Gasteiger partial charge on any atom is -0.456 e. The second-order valence-electron chi connectivity index (χ2n) is 19.7. The van der Waals surface area contributed by atoms with Gasteiger partial charge in [0, 0.05) is 44.2 Å². The lowest BCUT2D eigenvalue weighted by molar-refractivity contribution is 0.668. The number of benzene rings is 10. The van der Waals surface area contributed by atoms with Crippen molar-refractivity contribution in [2.45, 2.75) is 38.0 Å². The van der Waals surface area contributed by atoms with Crippen molar-refractivity contribution in [3.05, 3.63) is 270 Å². The average molecular weight is 951 g/mol. The van der Waals surface area contributed by atoms with E-state index in [0.29, 0.717) is 5.84 Å². The highest BCUT2D eigenvalue weighted by molar-refractivity contribution is 6.19. The Kier molecular flexibility index (Phi) is 10.9. The van der Waals surface area contributed by atoms with Crippen LogP contribution in [0.15, 0.2) is 255 Å². The molecule has 1 atom stereocenters. The van der Waals surface area contributed by atoms with Crippen molar-refractivity contribution >= 4 is 61.1 Å². The van der Waals surface area contributed by atoms with Crippen molar-refractivity contribution in [2.75, 3.05) is 0 Å². The highest BCUT2D eigenvalue weighted by Crippen LogP contribution is 2.49. The molecule has 10 aromatic carbocycles. The normalized spacial score (nSPS) is 16.6. The van der Waals surface area contributed by atoms with Gasteiger partial charge in [0.25, 0.3) is 0 Å². The maximum Gasteiger partial charge on any atom is 0.160 e. The minimum absolute atomic E-state index is 0.265. The standard InChI is InChI=1S/C70H50N2O2/c1-4-18-46(19-5-1)48-33-35-50(36-34-48)70-71-63(49-22-8-3-9-23-49)28-14-15-29-64(72-70)52-43-60(68-58-27-13-17-31-66(58)73-67(68)44-52)62-41-45(40-61-57-26-12-16-30-65(57)74-69(61)62)32-38-55-53-24-10-11-25-54(53)59-42-51(37-39-56(55)59)47-20-6-2-7-21-47/h1-13,16-27,29-31,33-37,39-44,55H,14-15,28,32,38H2/b64-29+,71-63+,72-70-. The van der Waals surface area contributed by atoms with Crippen LogP contribution in [-0.4, -0.2) is 11.5 Å². The van der Waals surface area contributed by atoms with E-state index in [9.17, 15) is 0 Å². The van der Waals surface area contributed by atoms with Crippen molar-refractivity contribution < 1.29 is 8.83 Å². The molecule has 1 aliphatic heterocycles. The van der Waals surface area contributed by atoms with Crippen LogP contribution >= 0.6 is 0 Å². The number of rotatable bonds is 9. The molecule has 0 saturated carbocycles. The lowest BCUT2D eigenvalue weighted by atomic mass is 9.88. The van der Waals surface area contributed by atoms with Crippen molar-refractivity contribution in [3.8, 4) is 44.5 Å². The van der Waals surface area contributed by atoms with Crippen molar-refractivity contribution in [1.29, 1.82) is 0 Å². The van der Waals surface area contributed by atoms with Gasteiger partial charge in [-0.05, 0) is 136 Å². The summed E-state index contributed by atoms with van der Waals surface area (Å²) in [6.45, 7) is 0. The van der Waals surface area contributed by atoms with Gasteiger partial charge in [-0.25, -0.2) is 9.98 Å². The maximum atomic E-state index is 6.97. The van der Waals surface area contributed by atoms with Crippen LogP contribution in [-0.2, 0) is 6.42 Å². The van der Waals surface area contributed by atoms with Gasteiger partial charge in [0.15, 0.2) is 5.84 Å². The van der Waals surface area contributed by atoms with Crippen LogP contribution in [0.2, 0.25) is 0 Å². The second-order valence-corrected chi connectivity index (χ2v) is 19.7. The van der Waals surface area contributed by atoms with Crippen molar-refractivity contribution in [1.82, 2.24) is 0 Å². The Morgan fingerprint density at radius 1 is 0.405 bits per heavy atom. The first-order valence-corrected chi connectivity index (χ1v) is 25.9. The lowest BCUT2D eigenvalue weighted by Crippen LogP contribution is -2.07. The van der Waals surface area contributed by atoms with Crippen LogP contribution in [0.4, 0.5) is 0 Å². The molecule has 1 unspecified atom stereocenters. The van der Waals surface area contributed by atoms with E-state index in [1.54, 1.807) is 0 Å². The zero-order chi connectivity index (χ0) is 49.0. The molecule has 2 aromatic heterocycles. The van der Waals surface area contributed by atoms with E-state index in [-0.39, 0.29) is 5.92 Å². The molecule has 14 rings (SSSR count). The van der Waals surface area contributed by atoms with Gasteiger partial charge in [0.2, 0.25) is 0 Å². The molecule has 12 aromatic rings. The van der Waals surface area contributed by atoms with E-state index in [0.717, 1.165) is 121 Å². The zero-order valence-electron chi connectivity index (χ0n) is 40.8. The molecule has 1 aliphatic carbocycles. The first kappa shape index (κ1) is 43.7. The molecule has 0 N–H and O–H groups in total. The fourth-order valence-corrected chi connectivity index (χ4v) is 11.7. The molecule has 74 heavy (non-hydrogen) atoms. The summed E-state index contributed by atoms with van der Waals surface area (Å²) in [7, 11) is 0. The van der Waals surface area contributed by atoms with Crippen LogP contribution in [0, 0.1) is 0 Å². The van der Waals surface area contributed by atoms with E-state index in [1.807, 2.05) is 6.07 Å². The number of fused-ring (bicyclic) bond motifs is 9. The van der Waals surface area contributed by atoms with Crippen molar-refractivity contribution in [2.24, 2.45) is 9.98 Å². The molecule has 4 nitrogen and oxygen atoms in total. The van der Waals surface area contributed by atoms with Crippen LogP contribution in [0.5, 0.6) is 0 Å².